The quantitative estimate of drug-likeness (QED) is 0.372. The second kappa shape index (κ2) is 13.2. The van der Waals surface area contributed by atoms with Gasteiger partial charge in [0.1, 0.15) is 22.7 Å². The average Bonchev–Trinajstić information content (AvgIpc) is 2.80. The second-order valence-electron chi connectivity index (χ2n) is 8.05. The Morgan fingerprint density at radius 3 is 2.09 bits per heavy atom. The molecule has 0 unspecified atom stereocenters. The van der Waals surface area contributed by atoms with Crippen molar-refractivity contribution in [3.05, 3.63) is 39.3 Å². The Labute approximate surface area is 199 Å². The van der Waals surface area contributed by atoms with Gasteiger partial charge in [-0.15, -0.1) is 0 Å². The highest BCUT2D eigenvalue weighted by molar-refractivity contribution is 6.13. The summed E-state index contributed by atoms with van der Waals surface area (Å²) in [5.41, 5.74) is 0.226. The summed E-state index contributed by atoms with van der Waals surface area (Å²) in [6, 6.07) is 1.43. The van der Waals surface area contributed by atoms with Crippen LogP contribution in [0.2, 0.25) is 0 Å². The first-order valence-corrected chi connectivity index (χ1v) is 12.4. The zero-order valence-corrected chi connectivity index (χ0v) is 22.7. The van der Waals surface area contributed by atoms with Gasteiger partial charge in [-0.2, -0.15) is 0 Å². The molecule has 0 aliphatic carbocycles. The number of benzene rings is 1. The first kappa shape index (κ1) is 30.4. The molecule has 2 heterocycles. The van der Waals surface area contributed by atoms with Gasteiger partial charge >= 0.3 is 5.63 Å². The molecule has 5 heteroatoms. The van der Waals surface area contributed by atoms with Gasteiger partial charge in [0.15, 0.2) is 11.4 Å². The number of ketones is 1. The largest absolute Gasteiger partial charge is 0.506 e. The van der Waals surface area contributed by atoms with Gasteiger partial charge in [-0.1, -0.05) is 69.2 Å². The number of aryl methyl sites for hydroxylation is 1. The number of carbonyl (C=O) groups excluding carboxylic acids is 1. The van der Waals surface area contributed by atoms with E-state index in [9.17, 15) is 14.7 Å². The molecule has 0 spiro atoms. The van der Waals surface area contributed by atoms with Crippen LogP contribution in [0.5, 0.6) is 11.5 Å². The van der Waals surface area contributed by atoms with Crippen LogP contribution in [0.15, 0.2) is 21.4 Å². The van der Waals surface area contributed by atoms with E-state index in [1.807, 2.05) is 89.2 Å². The zero-order chi connectivity index (χ0) is 26.1. The van der Waals surface area contributed by atoms with Crippen molar-refractivity contribution < 1.29 is 19.1 Å². The highest BCUT2D eigenvalue weighted by Crippen LogP contribution is 2.46. The summed E-state index contributed by atoms with van der Waals surface area (Å²) in [5, 5.41) is 11.5. The van der Waals surface area contributed by atoms with E-state index in [0.29, 0.717) is 23.1 Å². The van der Waals surface area contributed by atoms with E-state index < -0.39 is 11.2 Å². The van der Waals surface area contributed by atoms with E-state index in [1.165, 1.54) is 6.07 Å². The Morgan fingerprint density at radius 2 is 1.61 bits per heavy atom. The number of Topliss-reactive ketones (excluding diaryl/α,β-unsaturated/α-hetero) is 1. The first-order valence-electron chi connectivity index (χ1n) is 12.4. The minimum atomic E-state index is -0.579. The summed E-state index contributed by atoms with van der Waals surface area (Å²) >= 11 is 0. The van der Waals surface area contributed by atoms with Gasteiger partial charge in [0.05, 0.1) is 10.9 Å². The minimum absolute atomic E-state index is 0.0605. The molecule has 0 fully saturated rings. The van der Waals surface area contributed by atoms with Crippen LogP contribution >= 0.6 is 0 Å². The molecule has 0 amide bonds. The third kappa shape index (κ3) is 6.49. The van der Waals surface area contributed by atoms with Crippen molar-refractivity contribution in [1.82, 2.24) is 0 Å². The maximum atomic E-state index is 13.2. The predicted molar refractivity (Wildman–Crippen MR) is 140 cm³/mol. The van der Waals surface area contributed by atoms with Crippen LogP contribution in [0.1, 0.15) is 105 Å². The van der Waals surface area contributed by atoms with Gasteiger partial charge in [0, 0.05) is 12.0 Å². The number of ether oxygens (including phenoxy) is 1. The van der Waals surface area contributed by atoms with Gasteiger partial charge in [0.25, 0.3) is 0 Å². The van der Waals surface area contributed by atoms with Crippen molar-refractivity contribution in [3.8, 4) is 11.5 Å². The lowest BCUT2D eigenvalue weighted by molar-refractivity contribution is 0.0897. The van der Waals surface area contributed by atoms with E-state index in [4.69, 9.17) is 9.15 Å². The molecule has 1 atom stereocenters. The van der Waals surface area contributed by atoms with Gasteiger partial charge in [0.2, 0.25) is 0 Å². The summed E-state index contributed by atoms with van der Waals surface area (Å²) in [4.78, 5) is 25.3. The molecule has 2 aromatic rings. The third-order valence-electron chi connectivity index (χ3n) is 5.29. The Kier molecular flexibility index (Phi) is 12.2. The monoisotopic (exact) mass is 460 g/mol. The summed E-state index contributed by atoms with van der Waals surface area (Å²) in [6.45, 7) is 23.4. The van der Waals surface area contributed by atoms with Crippen molar-refractivity contribution in [1.29, 1.82) is 0 Å². The predicted octanol–water partition coefficient (Wildman–Crippen LogP) is 7.80. The van der Waals surface area contributed by atoms with Crippen molar-refractivity contribution >= 4 is 22.8 Å². The molecule has 3 rings (SSSR count). The van der Waals surface area contributed by atoms with Crippen molar-refractivity contribution in [2.75, 3.05) is 0 Å². The molecule has 0 bridgehead atoms. The lowest BCUT2D eigenvalue weighted by Crippen LogP contribution is -2.28. The fourth-order valence-corrected chi connectivity index (χ4v) is 3.33. The highest BCUT2D eigenvalue weighted by atomic mass is 16.5. The molecule has 1 aromatic carbocycles. The zero-order valence-electron chi connectivity index (χ0n) is 22.7. The van der Waals surface area contributed by atoms with Crippen molar-refractivity contribution in [3.63, 3.8) is 0 Å². The van der Waals surface area contributed by atoms with E-state index >= 15 is 0 Å². The average molecular weight is 461 g/mol. The number of hydrogen-bond acceptors (Lipinski definition) is 5. The number of carbonyl (C=O) groups is 1. The van der Waals surface area contributed by atoms with E-state index in [1.54, 1.807) is 6.08 Å². The molecule has 1 aliphatic heterocycles. The summed E-state index contributed by atoms with van der Waals surface area (Å²) in [5.74, 6) is -0.250. The Morgan fingerprint density at radius 1 is 1.06 bits per heavy atom. The van der Waals surface area contributed by atoms with Crippen LogP contribution in [-0.4, -0.2) is 16.5 Å². The molecular weight excluding hydrogens is 416 g/mol. The fraction of sp³-hybridized carbons (Fsp3) is 0.571. The van der Waals surface area contributed by atoms with Crippen LogP contribution in [0.4, 0.5) is 0 Å². The SMILES string of the molecule is CC.CC.CC.CCc1cc(=O)oc2c(C(=O)[C@@H](C)C(C)C)c(O)c3c(c12)OC(C)(C)C=C3. The molecule has 1 aliphatic rings. The molecule has 5 nitrogen and oxygen atoms in total. The molecule has 0 radical (unpaired) electrons. The van der Waals surface area contributed by atoms with E-state index in [2.05, 4.69) is 0 Å². The fourth-order valence-electron chi connectivity index (χ4n) is 3.33. The van der Waals surface area contributed by atoms with Gasteiger partial charge in [-0.05, 0) is 43.9 Å². The Hall–Kier alpha value is -2.56. The number of hydrogen-bond donors (Lipinski definition) is 1. The van der Waals surface area contributed by atoms with Gasteiger partial charge in [-0.3, -0.25) is 4.79 Å². The third-order valence-corrected chi connectivity index (χ3v) is 5.29. The molecular formula is C28H44O5. The molecule has 186 valence electrons. The molecule has 33 heavy (non-hydrogen) atoms. The van der Waals surface area contributed by atoms with Gasteiger partial charge in [-0.25, -0.2) is 4.79 Å². The lowest BCUT2D eigenvalue weighted by Gasteiger charge is -2.30. The number of fused-ring (bicyclic) bond motifs is 3. The van der Waals surface area contributed by atoms with E-state index in [-0.39, 0.29) is 34.5 Å². The lowest BCUT2D eigenvalue weighted by atomic mass is 9.86. The number of phenolic OH excluding ortho intramolecular Hbond substituents is 1. The second-order valence-corrected chi connectivity index (χ2v) is 8.05. The molecule has 1 aromatic heterocycles. The smallest absolute Gasteiger partial charge is 0.336 e. The number of aromatic hydroxyl groups is 1. The van der Waals surface area contributed by atoms with Gasteiger partial charge < -0.3 is 14.3 Å². The number of rotatable bonds is 4. The van der Waals surface area contributed by atoms with Crippen LogP contribution in [0.3, 0.4) is 0 Å². The first-order chi connectivity index (χ1) is 15.6. The summed E-state index contributed by atoms with van der Waals surface area (Å²) < 4.78 is 11.6. The molecule has 1 N–H and O–H groups in total. The normalized spacial score (nSPS) is 13.8. The highest BCUT2D eigenvalue weighted by Gasteiger charge is 2.33. The minimum Gasteiger partial charge on any atom is -0.506 e. The van der Waals surface area contributed by atoms with Crippen LogP contribution in [0.25, 0.3) is 17.0 Å². The Balaban J connectivity index is 0.00000158. The number of phenols is 1. The maximum Gasteiger partial charge on any atom is 0.336 e. The Bertz CT molecular complexity index is 1010. The maximum absolute atomic E-state index is 13.2. The van der Waals surface area contributed by atoms with Crippen molar-refractivity contribution in [2.24, 2.45) is 11.8 Å². The standard InChI is InChI=1S/C22H26O5.3C2H6/c1-7-13-10-15(23)26-21-16(13)20-14(8-9-22(5,6)27-20)19(25)17(21)18(24)12(4)11(2)3;3*1-2/h8-12,25H,7H2,1-6H3;3*1-2H3/t12-;;;/m0.../s1. The topological polar surface area (TPSA) is 76.7 Å². The summed E-state index contributed by atoms with van der Waals surface area (Å²) in [6.07, 6.45) is 4.18. The van der Waals surface area contributed by atoms with Crippen molar-refractivity contribution in [2.45, 2.75) is 95.1 Å². The molecule has 0 saturated carbocycles. The van der Waals surface area contributed by atoms with Crippen LogP contribution in [0, 0.1) is 11.8 Å². The summed E-state index contributed by atoms with van der Waals surface area (Å²) in [7, 11) is 0. The van der Waals surface area contributed by atoms with E-state index in [0.717, 1.165) is 5.56 Å². The molecule has 0 saturated heterocycles. The van der Waals surface area contributed by atoms with Crippen LogP contribution in [-0.2, 0) is 6.42 Å². The van der Waals surface area contributed by atoms with Crippen LogP contribution < -0.4 is 10.4 Å².